The van der Waals surface area contributed by atoms with Crippen molar-refractivity contribution >= 4 is 5.91 Å². The van der Waals surface area contributed by atoms with Crippen LogP contribution in [0.4, 0.5) is 0 Å². The Kier molecular flexibility index (Phi) is 3.01. The highest BCUT2D eigenvalue weighted by Gasteiger charge is 2.25. The highest BCUT2D eigenvalue weighted by Crippen LogP contribution is 2.18. The van der Waals surface area contributed by atoms with Gasteiger partial charge in [-0.15, -0.1) is 0 Å². The Morgan fingerprint density at radius 3 is 2.88 bits per heavy atom. The molecule has 88 valence electrons. The first-order valence-electron chi connectivity index (χ1n) is 5.62. The van der Waals surface area contributed by atoms with Gasteiger partial charge in [-0.2, -0.15) is 0 Å². The molecule has 16 heavy (non-hydrogen) atoms. The van der Waals surface area contributed by atoms with E-state index in [1.54, 1.807) is 11.0 Å². The number of amides is 1. The molecule has 4 heteroatoms. The van der Waals surface area contributed by atoms with Gasteiger partial charge < -0.3 is 14.4 Å². The van der Waals surface area contributed by atoms with Gasteiger partial charge in [-0.25, -0.2) is 0 Å². The van der Waals surface area contributed by atoms with Gasteiger partial charge in [0.1, 0.15) is 5.76 Å². The predicted octanol–water partition coefficient (Wildman–Crippen LogP) is 1.49. The third-order valence-electron chi connectivity index (χ3n) is 3.06. The zero-order chi connectivity index (χ0) is 11.7. The van der Waals surface area contributed by atoms with Crippen LogP contribution in [0.15, 0.2) is 10.5 Å². The van der Waals surface area contributed by atoms with E-state index in [4.69, 9.17) is 4.42 Å². The maximum absolute atomic E-state index is 12.0. The van der Waals surface area contributed by atoms with Crippen molar-refractivity contribution in [3.63, 3.8) is 0 Å². The smallest absolute Gasteiger partial charge is 0.289 e. The second kappa shape index (κ2) is 4.29. The molecule has 1 aliphatic heterocycles. The number of aliphatic hydroxyl groups excluding tert-OH is 1. The topological polar surface area (TPSA) is 53.7 Å². The van der Waals surface area contributed by atoms with Gasteiger partial charge in [-0.3, -0.25) is 4.79 Å². The lowest BCUT2D eigenvalue weighted by Gasteiger charge is -2.29. The Hall–Kier alpha value is -1.29. The van der Waals surface area contributed by atoms with Crippen molar-refractivity contribution in [1.29, 1.82) is 0 Å². The van der Waals surface area contributed by atoms with E-state index < -0.39 is 6.10 Å². The van der Waals surface area contributed by atoms with Gasteiger partial charge in [-0.05, 0) is 38.3 Å². The van der Waals surface area contributed by atoms with Crippen LogP contribution in [-0.2, 0) is 0 Å². The molecule has 0 aliphatic carbocycles. The number of aliphatic hydroxyl groups is 1. The Morgan fingerprint density at radius 1 is 1.56 bits per heavy atom. The number of piperidine rings is 1. The third-order valence-corrected chi connectivity index (χ3v) is 3.06. The molecule has 0 spiro atoms. The zero-order valence-corrected chi connectivity index (χ0v) is 9.69. The third kappa shape index (κ3) is 2.11. The molecule has 0 saturated carbocycles. The van der Waals surface area contributed by atoms with E-state index in [9.17, 15) is 9.90 Å². The van der Waals surface area contributed by atoms with Gasteiger partial charge in [0, 0.05) is 13.1 Å². The highest BCUT2D eigenvalue weighted by atomic mass is 16.4. The van der Waals surface area contributed by atoms with E-state index in [1.165, 1.54) is 0 Å². The molecule has 0 aromatic carbocycles. The summed E-state index contributed by atoms with van der Waals surface area (Å²) < 4.78 is 5.39. The fraction of sp³-hybridized carbons (Fsp3) is 0.583. The summed E-state index contributed by atoms with van der Waals surface area (Å²) >= 11 is 0. The van der Waals surface area contributed by atoms with Gasteiger partial charge >= 0.3 is 0 Å². The first-order valence-corrected chi connectivity index (χ1v) is 5.62. The van der Waals surface area contributed by atoms with E-state index in [1.807, 2.05) is 13.8 Å². The first kappa shape index (κ1) is 11.2. The maximum atomic E-state index is 12.0. The van der Waals surface area contributed by atoms with Crippen LogP contribution >= 0.6 is 0 Å². The molecule has 1 fully saturated rings. The molecule has 1 saturated heterocycles. The molecule has 1 unspecified atom stereocenters. The lowest BCUT2D eigenvalue weighted by molar-refractivity contribution is 0.0447. The lowest BCUT2D eigenvalue weighted by Crippen LogP contribution is -2.42. The van der Waals surface area contributed by atoms with Crippen LogP contribution in [0, 0.1) is 13.8 Å². The van der Waals surface area contributed by atoms with Crippen molar-refractivity contribution in [2.75, 3.05) is 13.1 Å². The van der Waals surface area contributed by atoms with Gasteiger partial charge in [0.05, 0.1) is 6.10 Å². The summed E-state index contributed by atoms with van der Waals surface area (Å²) in [5.41, 5.74) is 0.987. The van der Waals surface area contributed by atoms with Crippen molar-refractivity contribution in [2.45, 2.75) is 32.8 Å². The summed E-state index contributed by atoms with van der Waals surface area (Å²) in [5.74, 6) is 1.04. The van der Waals surface area contributed by atoms with E-state index in [0.717, 1.165) is 24.2 Å². The van der Waals surface area contributed by atoms with Gasteiger partial charge in [0.15, 0.2) is 5.76 Å². The number of hydrogen-bond acceptors (Lipinski definition) is 3. The number of aryl methyl sites for hydroxylation is 2. The lowest BCUT2D eigenvalue weighted by atomic mass is 10.1. The van der Waals surface area contributed by atoms with Crippen LogP contribution < -0.4 is 0 Å². The number of likely N-dealkylation sites (tertiary alicyclic amines) is 1. The summed E-state index contributed by atoms with van der Waals surface area (Å²) in [4.78, 5) is 13.7. The molecule has 1 amide bonds. The van der Waals surface area contributed by atoms with Crippen LogP contribution in [0.5, 0.6) is 0 Å². The van der Waals surface area contributed by atoms with E-state index in [0.29, 0.717) is 18.8 Å². The van der Waals surface area contributed by atoms with Crippen molar-refractivity contribution in [2.24, 2.45) is 0 Å². The molecule has 1 aromatic heterocycles. The number of nitrogens with zero attached hydrogens (tertiary/aromatic N) is 1. The summed E-state index contributed by atoms with van der Waals surface area (Å²) in [6.07, 6.45) is 1.24. The maximum Gasteiger partial charge on any atom is 0.289 e. The molecular formula is C12H17NO3. The molecular weight excluding hydrogens is 206 g/mol. The summed E-state index contributed by atoms with van der Waals surface area (Å²) in [7, 11) is 0. The minimum absolute atomic E-state index is 0.116. The average molecular weight is 223 g/mol. The average Bonchev–Trinajstić information content (AvgIpc) is 2.58. The van der Waals surface area contributed by atoms with Crippen LogP contribution in [0.25, 0.3) is 0 Å². The van der Waals surface area contributed by atoms with Gasteiger partial charge in [0.2, 0.25) is 0 Å². The minimum Gasteiger partial charge on any atom is -0.456 e. The largest absolute Gasteiger partial charge is 0.456 e. The normalized spacial score (nSPS) is 21.2. The van der Waals surface area contributed by atoms with Crippen LogP contribution in [-0.4, -0.2) is 35.1 Å². The van der Waals surface area contributed by atoms with Crippen molar-refractivity contribution in [3.05, 3.63) is 23.2 Å². The summed E-state index contributed by atoms with van der Waals surface area (Å²) in [6, 6.07) is 1.76. The first-order chi connectivity index (χ1) is 7.58. The van der Waals surface area contributed by atoms with Crippen molar-refractivity contribution < 1.29 is 14.3 Å². The second-order valence-corrected chi connectivity index (χ2v) is 4.40. The summed E-state index contributed by atoms with van der Waals surface area (Å²) in [6.45, 7) is 4.88. The number of furan rings is 1. The predicted molar refractivity (Wildman–Crippen MR) is 59.3 cm³/mol. The Balaban J connectivity index is 2.12. The Labute approximate surface area is 94.9 Å². The van der Waals surface area contributed by atoms with Crippen LogP contribution in [0.2, 0.25) is 0 Å². The molecule has 4 nitrogen and oxygen atoms in total. The Bertz CT molecular complexity index is 377. The second-order valence-electron chi connectivity index (χ2n) is 4.40. The fourth-order valence-electron chi connectivity index (χ4n) is 1.97. The number of β-amino-alcohol motifs (C(OH)–C–C–N with tert-alkyl or cyclic N) is 1. The van der Waals surface area contributed by atoms with Gasteiger partial charge in [0.25, 0.3) is 5.91 Å². The molecule has 0 bridgehead atoms. The molecule has 2 heterocycles. The van der Waals surface area contributed by atoms with Gasteiger partial charge in [-0.1, -0.05) is 0 Å². The molecule has 2 rings (SSSR count). The van der Waals surface area contributed by atoms with E-state index >= 15 is 0 Å². The SMILES string of the molecule is Cc1cc(C(=O)N2CCCC(O)C2)oc1C. The van der Waals surface area contributed by atoms with E-state index in [2.05, 4.69) is 0 Å². The molecule has 1 atom stereocenters. The molecule has 1 aliphatic rings. The zero-order valence-electron chi connectivity index (χ0n) is 9.69. The fourth-order valence-corrected chi connectivity index (χ4v) is 1.97. The monoisotopic (exact) mass is 223 g/mol. The number of rotatable bonds is 1. The quantitative estimate of drug-likeness (QED) is 0.784. The standard InChI is InChI=1S/C12H17NO3/c1-8-6-11(16-9(8)2)12(15)13-5-3-4-10(14)7-13/h6,10,14H,3-5,7H2,1-2H3. The van der Waals surface area contributed by atoms with Crippen molar-refractivity contribution in [1.82, 2.24) is 4.90 Å². The summed E-state index contributed by atoms with van der Waals surface area (Å²) in [5, 5.41) is 9.51. The molecule has 1 aromatic rings. The van der Waals surface area contributed by atoms with Crippen LogP contribution in [0.1, 0.15) is 34.7 Å². The number of hydrogen-bond donors (Lipinski definition) is 1. The number of carbonyl (C=O) groups excluding carboxylic acids is 1. The number of carbonyl (C=O) groups is 1. The minimum atomic E-state index is -0.394. The molecule has 1 N–H and O–H groups in total. The molecule has 0 radical (unpaired) electrons. The Morgan fingerprint density at radius 2 is 2.31 bits per heavy atom. The van der Waals surface area contributed by atoms with Crippen LogP contribution in [0.3, 0.4) is 0 Å². The highest BCUT2D eigenvalue weighted by molar-refractivity contribution is 5.91. The van der Waals surface area contributed by atoms with E-state index in [-0.39, 0.29) is 5.91 Å². The van der Waals surface area contributed by atoms with Crippen molar-refractivity contribution in [3.8, 4) is 0 Å².